The van der Waals surface area contributed by atoms with Crippen LogP contribution in [-0.4, -0.2) is 4.57 Å². The molecule has 0 spiro atoms. The molecule has 10 rings (SSSR count). The third-order valence-corrected chi connectivity index (χ3v) is 9.56. The Morgan fingerprint density at radius 1 is 0.370 bits per heavy atom. The van der Waals surface area contributed by atoms with E-state index in [0.717, 1.165) is 17.1 Å². The summed E-state index contributed by atoms with van der Waals surface area (Å²) in [4.78, 5) is 0. The van der Waals surface area contributed by atoms with Gasteiger partial charge < -0.3 is 9.30 Å². The molecule has 214 valence electrons. The molecule has 0 aliphatic carbocycles. The first-order valence-corrected chi connectivity index (χ1v) is 15.8. The summed E-state index contributed by atoms with van der Waals surface area (Å²) >= 11 is 0. The zero-order chi connectivity index (χ0) is 30.2. The normalized spacial score (nSPS) is 12.1. The summed E-state index contributed by atoms with van der Waals surface area (Å²) in [7, 11) is 0. The number of rotatable bonds is 3. The number of ether oxygens (including phenoxy) is 1. The first-order chi connectivity index (χ1) is 22.8. The quantitative estimate of drug-likeness (QED) is 0.201. The molecule has 2 nitrogen and oxygen atoms in total. The van der Waals surface area contributed by atoms with Gasteiger partial charge >= 0.3 is 0 Å². The van der Waals surface area contributed by atoms with Gasteiger partial charge in [-0.15, -0.1) is 0 Å². The van der Waals surface area contributed by atoms with Gasteiger partial charge in [0.1, 0.15) is 11.5 Å². The molecular weight excluding hydrogens is 558 g/mol. The number of benzene rings is 8. The van der Waals surface area contributed by atoms with E-state index < -0.39 is 0 Å². The Morgan fingerprint density at radius 2 is 1.00 bits per heavy atom. The van der Waals surface area contributed by atoms with Crippen molar-refractivity contribution < 1.29 is 4.74 Å². The van der Waals surface area contributed by atoms with E-state index in [1.165, 1.54) is 76.9 Å². The third kappa shape index (κ3) is 3.77. The Kier molecular flexibility index (Phi) is 5.31. The van der Waals surface area contributed by atoms with Crippen molar-refractivity contribution >= 4 is 43.4 Å². The van der Waals surface area contributed by atoms with Gasteiger partial charge in [-0.3, -0.25) is 0 Å². The fraction of sp³-hybridized carbons (Fsp3) is 0. The van der Waals surface area contributed by atoms with Gasteiger partial charge in [-0.05, 0) is 92.5 Å². The summed E-state index contributed by atoms with van der Waals surface area (Å²) in [6, 6.07) is 59.1. The second-order valence-electron chi connectivity index (χ2n) is 12.2. The molecule has 0 fully saturated rings. The summed E-state index contributed by atoms with van der Waals surface area (Å²) in [5.41, 5.74) is 10.7. The zero-order valence-corrected chi connectivity index (χ0v) is 24.9. The second-order valence-corrected chi connectivity index (χ2v) is 12.2. The maximum Gasteiger partial charge on any atom is 0.135 e. The maximum absolute atomic E-state index is 6.34. The second kappa shape index (κ2) is 9.69. The lowest BCUT2D eigenvalue weighted by Crippen LogP contribution is -1.97. The van der Waals surface area contributed by atoms with Crippen LogP contribution in [0.25, 0.3) is 82.4 Å². The molecule has 2 heteroatoms. The van der Waals surface area contributed by atoms with Crippen molar-refractivity contribution in [3.63, 3.8) is 0 Å². The smallest absolute Gasteiger partial charge is 0.135 e. The fourth-order valence-electron chi connectivity index (χ4n) is 7.34. The minimum Gasteiger partial charge on any atom is -0.456 e. The molecule has 0 unspecified atom stereocenters. The number of aromatic nitrogens is 1. The number of para-hydroxylation sites is 1. The lowest BCUT2D eigenvalue weighted by Gasteiger charge is -2.22. The minimum atomic E-state index is 0.904. The molecule has 9 aromatic rings. The van der Waals surface area contributed by atoms with Gasteiger partial charge in [-0.25, -0.2) is 0 Å². The Hall–Kier alpha value is -6.12. The molecule has 1 aromatic heterocycles. The van der Waals surface area contributed by atoms with Crippen molar-refractivity contribution in [3.05, 3.63) is 164 Å². The Labute approximate surface area is 266 Å². The largest absolute Gasteiger partial charge is 0.456 e. The van der Waals surface area contributed by atoms with Crippen LogP contribution in [0, 0.1) is 0 Å². The van der Waals surface area contributed by atoms with Gasteiger partial charge in [0.2, 0.25) is 0 Å². The summed E-state index contributed by atoms with van der Waals surface area (Å²) < 4.78 is 8.74. The zero-order valence-electron chi connectivity index (χ0n) is 24.9. The first kappa shape index (κ1) is 25.2. The highest BCUT2D eigenvalue weighted by atomic mass is 16.5. The lowest BCUT2D eigenvalue weighted by atomic mass is 9.92. The standard InChI is InChI=1S/C44H27NO/c1-2-12-35(13-3-1)45-40-27-34(20-22-36(40)38-24-31-8-4-5-9-32(31)26-41(38)45)29-18-16-28(17-19-29)33-21-23-42-39(25-33)37-14-6-10-30-11-7-15-43(46-42)44(30)37/h1-27H. The molecule has 1 aliphatic heterocycles. The highest BCUT2D eigenvalue weighted by molar-refractivity contribution is 6.14. The predicted octanol–water partition coefficient (Wildman–Crippen LogP) is 12.2. The molecule has 0 atom stereocenters. The van der Waals surface area contributed by atoms with Crippen LogP contribution in [0.4, 0.5) is 0 Å². The molecule has 0 N–H and O–H groups in total. The van der Waals surface area contributed by atoms with Gasteiger partial charge in [0.25, 0.3) is 0 Å². The molecule has 46 heavy (non-hydrogen) atoms. The van der Waals surface area contributed by atoms with Crippen molar-refractivity contribution in [2.75, 3.05) is 0 Å². The van der Waals surface area contributed by atoms with Crippen LogP contribution >= 0.6 is 0 Å². The highest BCUT2D eigenvalue weighted by Crippen LogP contribution is 2.47. The fourth-order valence-corrected chi connectivity index (χ4v) is 7.34. The Morgan fingerprint density at radius 3 is 1.80 bits per heavy atom. The molecule has 1 aliphatic rings. The molecule has 0 saturated heterocycles. The molecule has 8 aromatic carbocycles. The number of nitrogens with zero attached hydrogens (tertiary/aromatic N) is 1. The average molecular weight is 586 g/mol. The van der Waals surface area contributed by atoms with E-state index in [4.69, 9.17) is 4.74 Å². The summed E-state index contributed by atoms with van der Waals surface area (Å²) in [5, 5.41) is 7.43. The van der Waals surface area contributed by atoms with Gasteiger partial charge in [0, 0.05) is 27.4 Å². The number of fused-ring (bicyclic) bond motifs is 6. The van der Waals surface area contributed by atoms with Crippen molar-refractivity contribution in [1.29, 1.82) is 0 Å². The minimum absolute atomic E-state index is 0.904. The molecule has 0 amide bonds. The predicted molar refractivity (Wildman–Crippen MR) is 192 cm³/mol. The van der Waals surface area contributed by atoms with E-state index in [2.05, 4.69) is 168 Å². The lowest BCUT2D eigenvalue weighted by molar-refractivity contribution is 0.487. The molecule has 0 bridgehead atoms. The topological polar surface area (TPSA) is 14.2 Å². The van der Waals surface area contributed by atoms with Crippen LogP contribution in [0.3, 0.4) is 0 Å². The Balaban J connectivity index is 1.08. The van der Waals surface area contributed by atoms with Crippen LogP contribution in [0.5, 0.6) is 11.5 Å². The first-order valence-electron chi connectivity index (χ1n) is 15.8. The maximum atomic E-state index is 6.34. The van der Waals surface area contributed by atoms with E-state index >= 15 is 0 Å². The summed E-state index contributed by atoms with van der Waals surface area (Å²) in [6.07, 6.45) is 0. The van der Waals surface area contributed by atoms with E-state index in [-0.39, 0.29) is 0 Å². The van der Waals surface area contributed by atoms with Crippen molar-refractivity contribution in [2.45, 2.75) is 0 Å². The van der Waals surface area contributed by atoms with Crippen LogP contribution < -0.4 is 4.74 Å². The van der Waals surface area contributed by atoms with Gasteiger partial charge in [-0.2, -0.15) is 0 Å². The van der Waals surface area contributed by atoms with Crippen molar-refractivity contribution in [3.8, 4) is 50.6 Å². The monoisotopic (exact) mass is 585 g/mol. The van der Waals surface area contributed by atoms with Gasteiger partial charge in [0.05, 0.1) is 11.0 Å². The van der Waals surface area contributed by atoms with Crippen LogP contribution in [0.1, 0.15) is 0 Å². The van der Waals surface area contributed by atoms with Crippen LogP contribution in [0.2, 0.25) is 0 Å². The van der Waals surface area contributed by atoms with Crippen molar-refractivity contribution in [2.24, 2.45) is 0 Å². The van der Waals surface area contributed by atoms with E-state index in [1.807, 2.05) is 0 Å². The molecular formula is C44H27NO. The van der Waals surface area contributed by atoms with E-state index in [0.29, 0.717) is 0 Å². The van der Waals surface area contributed by atoms with Crippen molar-refractivity contribution in [1.82, 2.24) is 4.57 Å². The number of hydrogen-bond donors (Lipinski definition) is 0. The SMILES string of the molecule is c1ccc(-n2c3cc(-c4ccc(-c5ccc6c(c5)-c5cccc7cccc(c57)O6)cc4)ccc3c3cc4ccccc4cc32)cc1. The van der Waals surface area contributed by atoms with E-state index in [1.54, 1.807) is 0 Å². The van der Waals surface area contributed by atoms with E-state index in [9.17, 15) is 0 Å². The molecule has 2 heterocycles. The van der Waals surface area contributed by atoms with Gasteiger partial charge in [-0.1, -0.05) is 115 Å². The van der Waals surface area contributed by atoms with Crippen LogP contribution in [0.15, 0.2) is 164 Å². The number of hydrogen-bond acceptors (Lipinski definition) is 1. The molecule has 0 saturated carbocycles. The summed E-state index contributed by atoms with van der Waals surface area (Å²) in [5.74, 6) is 1.83. The summed E-state index contributed by atoms with van der Waals surface area (Å²) in [6.45, 7) is 0. The van der Waals surface area contributed by atoms with Gasteiger partial charge in [0.15, 0.2) is 0 Å². The van der Waals surface area contributed by atoms with Crippen LogP contribution in [-0.2, 0) is 0 Å². The third-order valence-electron chi connectivity index (χ3n) is 9.56. The highest BCUT2D eigenvalue weighted by Gasteiger charge is 2.20. The average Bonchev–Trinajstić information content (AvgIpc) is 3.43. The molecule has 0 radical (unpaired) electrons. The Bertz CT molecular complexity index is 2640.